The van der Waals surface area contributed by atoms with Crippen LogP contribution in [0.2, 0.25) is 5.02 Å². The smallest absolute Gasteiger partial charge is 0.203 e. The molecule has 0 radical (unpaired) electrons. The number of aromatic nitrogens is 1. The molecule has 2 rings (SSSR count). The molecular weight excluding hydrogens is 368 g/mol. The molecule has 27 heavy (non-hydrogen) atoms. The summed E-state index contributed by atoms with van der Waals surface area (Å²) in [5.41, 5.74) is 2.08. The van der Waals surface area contributed by atoms with Crippen LogP contribution in [0.25, 0.3) is 0 Å². The maximum absolute atomic E-state index is 6.07. The van der Waals surface area contributed by atoms with E-state index < -0.39 is 0 Å². The zero-order chi connectivity index (χ0) is 20.0. The zero-order valence-electron chi connectivity index (χ0n) is 16.7. The lowest BCUT2D eigenvalue weighted by molar-refractivity contribution is 0.323. The minimum atomic E-state index is 0.557. The summed E-state index contributed by atoms with van der Waals surface area (Å²) in [6, 6.07) is 5.78. The number of methoxy groups -OCH3 is 3. The molecule has 0 aliphatic rings. The van der Waals surface area contributed by atoms with Crippen LogP contribution in [-0.4, -0.2) is 50.9 Å². The van der Waals surface area contributed by atoms with Crippen LogP contribution in [0.4, 0.5) is 0 Å². The summed E-state index contributed by atoms with van der Waals surface area (Å²) in [6.07, 6.45) is 1.89. The first-order valence-corrected chi connectivity index (χ1v) is 8.82. The summed E-state index contributed by atoms with van der Waals surface area (Å²) in [4.78, 5) is 6.39. The fourth-order valence-corrected chi connectivity index (χ4v) is 3.12. The highest BCUT2D eigenvalue weighted by molar-refractivity contribution is 6.30. The maximum atomic E-state index is 6.07. The first-order valence-electron chi connectivity index (χ1n) is 8.44. The standard InChI is InChI=1S/C19H27ClN4O3/c1-21-19(24(3)12-15-9-14(20)11-23(15)2)22-10-13-7-16(25-4)18(27-6)17(8-13)26-5/h7-9,11H,10,12H2,1-6H3,(H,21,22). The Morgan fingerprint density at radius 3 is 2.22 bits per heavy atom. The fourth-order valence-electron chi connectivity index (χ4n) is 2.84. The second kappa shape index (κ2) is 9.41. The molecule has 1 N–H and O–H groups in total. The molecule has 2 aromatic rings. The molecule has 0 aliphatic carbocycles. The Bertz CT molecular complexity index is 779. The van der Waals surface area contributed by atoms with Crippen molar-refractivity contribution in [1.82, 2.24) is 14.8 Å². The number of hydrogen-bond donors (Lipinski definition) is 1. The number of aliphatic imine (C=N–C) groups is 1. The van der Waals surface area contributed by atoms with Gasteiger partial charge in [-0.25, -0.2) is 0 Å². The van der Waals surface area contributed by atoms with Crippen molar-refractivity contribution < 1.29 is 14.2 Å². The van der Waals surface area contributed by atoms with E-state index in [4.69, 9.17) is 25.8 Å². The van der Waals surface area contributed by atoms with Gasteiger partial charge in [-0.2, -0.15) is 0 Å². The molecule has 1 aromatic carbocycles. The van der Waals surface area contributed by atoms with Gasteiger partial charge in [0.05, 0.1) is 32.9 Å². The lowest BCUT2D eigenvalue weighted by atomic mass is 10.2. The molecular formula is C19H27ClN4O3. The Labute approximate surface area is 165 Å². The van der Waals surface area contributed by atoms with Gasteiger partial charge < -0.3 is 29.0 Å². The van der Waals surface area contributed by atoms with Crippen molar-refractivity contribution in [3.8, 4) is 17.2 Å². The Kier molecular flexibility index (Phi) is 7.24. The molecule has 148 valence electrons. The SMILES string of the molecule is CN=C(NCc1cc(OC)c(OC)c(OC)c1)N(C)Cc1cc(Cl)cn1C. The van der Waals surface area contributed by atoms with Gasteiger partial charge in [0.1, 0.15) is 0 Å². The largest absolute Gasteiger partial charge is 0.493 e. The van der Waals surface area contributed by atoms with E-state index in [1.54, 1.807) is 28.4 Å². The van der Waals surface area contributed by atoms with Crippen molar-refractivity contribution in [2.45, 2.75) is 13.1 Å². The van der Waals surface area contributed by atoms with Crippen molar-refractivity contribution in [2.24, 2.45) is 12.0 Å². The van der Waals surface area contributed by atoms with E-state index in [0.717, 1.165) is 22.2 Å². The van der Waals surface area contributed by atoms with Crippen molar-refractivity contribution in [3.05, 3.63) is 40.7 Å². The summed E-state index contributed by atoms with van der Waals surface area (Å²) < 4.78 is 18.2. The van der Waals surface area contributed by atoms with E-state index in [1.165, 1.54) is 0 Å². The number of ether oxygens (including phenoxy) is 3. The van der Waals surface area contributed by atoms with Crippen molar-refractivity contribution >= 4 is 17.6 Å². The van der Waals surface area contributed by atoms with E-state index in [9.17, 15) is 0 Å². The van der Waals surface area contributed by atoms with Crippen LogP contribution in [0.3, 0.4) is 0 Å². The van der Waals surface area contributed by atoms with Crippen molar-refractivity contribution in [1.29, 1.82) is 0 Å². The molecule has 0 amide bonds. The predicted molar refractivity (Wildman–Crippen MR) is 108 cm³/mol. The minimum absolute atomic E-state index is 0.557. The Hall–Kier alpha value is -2.54. The number of nitrogens with one attached hydrogen (secondary N) is 1. The molecule has 1 heterocycles. The molecule has 0 saturated carbocycles. The number of guanidine groups is 1. The number of halogens is 1. The highest BCUT2D eigenvalue weighted by atomic mass is 35.5. The van der Waals surface area contributed by atoms with Gasteiger partial charge in [-0.05, 0) is 23.8 Å². The number of aryl methyl sites for hydroxylation is 1. The highest BCUT2D eigenvalue weighted by Gasteiger charge is 2.14. The summed E-state index contributed by atoms with van der Waals surface area (Å²) >= 11 is 6.07. The van der Waals surface area contributed by atoms with Crippen LogP contribution in [0, 0.1) is 0 Å². The first-order chi connectivity index (χ1) is 12.9. The molecule has 0 unspecified atom stereocenters. The van der Waals surface area contributed by atoms with E-state index in [2.05, 4.69) is 10.3 Å². The second-order valence-electron chi connectivity index (χ2n) is 6.05. The maximum Gasteiger partial charge on any atom is 0.203 e. The van der Waals surface area contributed by atoms with Gasteiger partial charge in [0.15, 0.2) is 17.5 Å². The van der Waals surface area contributed by atoms with Gasteiger partial charge in [0.2, 0.25) is 5.75 Å². The summed E-state index contributed by atoms with van der Waals surface area (Å²) in [6.45, 7) is 1.24. The average molecular weight is 395 g/mol. The number of hydrogen-bond acceptors (Lipinski definition) is 4. The summed E-state index contributed by atoms with van der Waals surface area (Å²) in [5.74, 6) is 2.58. The molecule has 1 aromatic heterocycles. The van der Waals surface area contributed by atoms with Crippen molar-refractivity contribution in [3.63, 3.8) is 0 Å². The molecule has 0 aliphatic heterocycles. The second-order valence-corrected chi connectivity index (χ2v) is 6.49. The number of nitrogens with zero attached hydrogens (tertiary/aromatic N) is 3. The topological polar surface area (TPSA) is 60.3 Å². The molecule has 0 spiro atoms. The van der Waals surface area contributed by atoms with Crippen LogP contribution in [-0.2, 0) is 20.1 Å². The van der Waals surface area contributed by atoms with Crippen LogP contribution < -0.4 is 19.5 Å². The third-order valence-electron chi connectivity index (χ3n) is 4.22. The van der Waals surface area contributed by atoms with Gasteiger partial charge >= 0.3 is 0 Å². The summed E-state index contributed by atoms with van der Waals surface area (Å²) in [7, 11) is 10.5. The fraction of sp³-hybridized carbons (Fsp3) is 0.421. The minimum Gasteiger partial charge on any atom is -0.493 e. The molecule has 0 saturated heterocycles. The lowest BCUT2D eigenvalue weighted by Crippen LogP contribution is -2.38. The third kappa shape index (κ3) is 5.01. The van der Waals surface area contributed by atoms with E-state index in [-0.39, 0.29) is 0 Å². The lowest BCUT2D eigenvalue weighted by Gasteiger charge is -2.23. The Morgan fingerprint density at radius 1 is 1.15 bits per heavy atom. The summed E-state index contributed by atoms with van der Waals surface area (Å²) in [5, 5.41) is 4.08. The quantitative estimate of drug-likeness (QED) is 0.578. The normalized spacial score (nSPS) is 11.3. The van der Waals surface area contributed by atoms with Crippen LogP contribution in [0.5, 0.6) is 17.2 Å². The van der Waals surface area contributed by atoms with E-state index in [1.807, 2.05) is 48.0 Å². The number of rotatable bonds is 7. The highest BCUT2D eigenvalue weighted by Crippen LogP contribution is 2.38. The van der Waals surface area contributed by atoms with E-state index >= 15 is 0 Å². The molecule has 0 bridgehead atoms. The monoisotopic (exact) mass is 394 g/mol. The first kappa shape index (κ1) is 20.8. The average Bonchev–Trinajstić information content (AvgIpc) is 2.97. The van der Waals surface area contributed by atoms with E-state index in [0.29, 0.717) is 30.3 Å². The van der Waals surface area contributed by atoms with Crippen LogP contribution in [0.15, 0.2) is 29.4 Å². The molecule has 0 fully saturated rings. The van der Waals surface area contributed by atoms with Gasteiger partial charge in [-0.15, -0.1) is 0 Å². The predicted octanol–water partition coefficient (Wildman–Crippen LogP) is 2.91. The van der Waals surface area contributed by atoms with Gasteiger partial charge in [-0.1, -0.05) is 11.6 Å². The van der Waals surface area contributed by atoms with Crippen molar-refractivity contribution in [2.75, 3.05) is 35.4 Å². The van der Waals surface area contributed by atoms with Gasteiger partial charge in [0, 0.05) is 39.6 Å². The Balaban J connectivity index is 2.10. The molecule has 8 heteroatoms. The third-order valence-corrected chi connectivity index (χ3v) is 4.43. The van der Waals surface area contributed by atoms with Gasteiger partial charge in [0.25, 0.3) is 0 Å². The van der Waals surface area contributed by atoms with Crippen LogP contribution >= 0.6 is 11.6 Å². The molecule has 7 nitrogen and oxygen atoms in total. The van der Waals surface area contributed by atoms with Crippen LogP contribution in [0.1, 0.15) is 11.3 Å². The van der Waals surface area contributed by atoms with Gasteiger partial charge in [-0.3, -0.25) is 4.99 Å². The number of benzene rings is 1. The Morgan fingerprint density at radius 2 is 1.78 bits per heavy atom. The molecule has 0 atom stereocenters. The zero-order valence-corrected chi connectivity index (χ0v) is 17.4.